The minimum Gasteiger partial charge on any atom is -0.481 e. The number of carboxylic acids is 1. The Morgan fingerprint density at radius 2 is 2.29 bits per heavy atom. The maximum Gasteiger partial charge on any atom is 0.307 e. The summed E-state index contributed by atoms with van der Waals surface area (Å²) in [6.45, 7) is 0. The van der Waals surface area contributed by atoms with Gasteiger partial charge in [-0.05, 0) is 23.8 Å². The molecular formula is C10H9NO2S. The van der Waals surface area contributed by atoms with Crippen LogP contribution in [-0.4, -0.2) is 16.1 Å². The highest BCUT2D eigenvalue weighted by molar-refractivity contribution is 7.80. The molecule has 0 amide bonds. The van der Waals surface area contributed by atoms with Crippen LogP contribution in [0.25, 0.3) is 10.9 Å². The smallest absolute Gasteiger partial charge is 0.307 e. The second-order valence-corrected chi connectivity index (χ2v) is 3.63. The lowest BCUT2D eigenvalue weighted by atomic mass is 10.1. The molecule has 0 saturated heterocycles. The third-order valence-electron chi connectivity index (χ3n) is 2.09. The molecule has 0 saturated carbocycles. The molecule has 0 spiro atoms. The summed E-state index contributed by atoms with van der Waals surface area (Å²) >= 11 is 4.21. The van der Waals surface area contributed by atoms with Crippen molar-refractivity contribution in [1.29, 1.82) is 0 Å². The number of carboxylic acid groups (broad SMARTS) is 1. The Morgan fingerprint density at radius 3 is 3.00 bits per heavy atom. The summed E-state index contributed by atoms with van der Waals surface area (Å²) in [5.41, 5.74) is 1.74. The summed E-state index contributed by atoms with van der Waals surface area (Å²) in [5.74, 6) is -0.824. The summed E-state index contributed by atoms with van der Waals surface area (Å²) in [6, 6.07) is 5.63. The number of fused-ring (bicyclic) bond motifs is 1. The predicted octanol–water partition coefficient (Wildman–Crippen LogP) is 2.08. The fourth-order valence-electron chi connectivity index (χ4n) is 1.48. The van der Waals surface area contributed by atoms with Gasteiger partial charge in [-0.1, -0.05) is 0 Å². The Morgan fingerprint density at radius 1 is 1.50 bits per heavy atom. The van der Waals surface area contributed by atoms with E-state index in [1.165, 1.54) is 0 Å². The Hall–Kier alpha value is -1.42. The van der Waals surface area contributed by atoms with Gasteiger partial charge >= 0.3 is 5.97 Å². The first-order chi connectivity index (χ1) is 6.66. The average Bonchev–Trinajstić information content (AvgIpc) is 2.47. The molecule has 0 atom stereocenters. The van der Waals surface area contributed by atoms with Crippen molar-refractivity contribution in [3.8, 4) is 0 Å². The second-order valence-electron chi connectivity index (χ2n) is 3.11. The standard InChI is InChI=1S/C10H9NO2S/c12-10(13)3-6-5-11-9-2-1-7(14)4-8(6)9/h1-2,4-5,11,14H,3H2,(H,12,13). The molecule has 1 aromatic heterocycles. The predicted molar refractivity (Wildman–Crippen MR) is 56.9 cm³/mol. The third kappa shape index (κ3) is 1.61. The van der Waals surface area contributed by atoms with Crippen molar-refractivity contribution >= 4 is 29.5 Å². The van der Waals surface area contributed by atoms with E-state index in [0.29, 0.717) is 0 Å². The van der Waals surface area contributed by atoms with Crippen molar-refractivity contribution in [2.24, 2.45) is 0 Å². The van der Waals surface area contributed by atoms with E-state index < -0.39 is 5.97 Å². The first-order valence-corrected chi connectivity index (χ1v) is 4.62. The average molecular weight is 207 g/mol. The van der Waals surface area contributed by atoms with E-state index >= 15 is 0 Å². The minimum absolute atomic E-state index is 0.0389. The molecule has 0 bridgehead atoms. The van der Waals surface area contributed by atoms with E-state index in [1.54, 1.807) is 6.20 Å². The highest BCUT2D eigenvalue weighted by Gasteiger charge is 2.07. The van der Waals surface area contributed by atoms with Crippen LogP contribution < -0.4 is 0 Å². The molecule has 0 unspecified atom stereocenters. The van der Waals surface area contributed by atoms with Gasteiger partial charge in [0.25, 0.3) is 0 Å². The van der Waals surface area contributed by atoms with E-state index in [-0.39, 0.29) is 6.42 Å². The van der Waals surface area contributed by atoms with Gasteiger partial charge in [-0.3, -0.25) is 4.79 Å². The molecule has 2 N–H and O–H groups in total. The SMILES string of the molecule is O=C(O)Cc1c[nH]c2ccc(S)cc12. The zero-order chi connectivity index (χ0) is 10.1. The van der Waals surface area contributed by atoms with Crippen molar-refractivity contribution in [3.05, 3.63) is 30.0 Å². The molecule has 1 aromatic carbocycles. The van der Waals surface area contributed by atoms with Crippen LogP contribution in [-0.2, 0) is 11.2 Å². The van der Waals surface area contributed by atoms with Crippen molar-refractivity contribution in [2.45, 2.75) is 11.3 Å². The lowest BCUT2D eigenvalue weighted by Crippen LogP contribution is -1.98. The topological polar surface area (TPSA) is 53.1 Å². The van der Waals surface area contributed by atoms with Crippen LogP contribution in [0.15, 0.2) is 29.3 Å². The third-order valence-corrected chi connectivity index (χ3v) is 2.37. The minimum atomic E-state index is -0.824. The first kappa shape index (κ1) is 9.15. The van der Waals surface area contributed by atoms with Crippen LogP contribution in [0.3, 0.4) is 0 Å². The van der Waals surface area contributed by atoms with Gasteiger partial charge in [0.15, 0.2) is 0 Å². The number of benzene rings is 1. The second kappa shape index (κ2) is 3.38. The van der Waals surface area contributed by atoms with Gasteiger partial charge in [-0.15, -0.1) is 12.6 Å². The fraction of sp³-hybridized carbons (Fsp3) is 0.100. The van der Waals surface area contributed by atoms with Crippen molar-refractivity contribution in [2.75, 3.05) is 0 Å². The quantitative estimate of drug-likeness (QED) is 0.660. The van der Waals surface area contributed by atoms with Gasteiger partial charge in [-0.2, -0.15) is 0 Å². The lowest BCUT2D eigenvalue weighted by Gasteiger charge is -1.95. The molecule has 2 rings (SSSR count). The number of rotatable bonds is 2. The van der Waals surface area contributed by atoms with Gasteiger partial charge < -0.3 is 10.1 Å². The molecule has 4 heteroatoms. The summed E-state index contributed by atoms with van der Waals surface area (Å²) in [7, 11) is 0. The zero-order valence-corrected chi connectivity index (χ0v) is 8.21. The van der Waals surface area contributed by atoms with E-state index in [1.807, 2.05) is 18.2 Å². The molecule has 2 aromatic rings. The number of H-pyrrole nitrogens is 1. The van der Waals surface area contributed by atoms with Crippen LogP contribution in [0.2, 0.25) is 0 Å². The molecule has 0 aliphatic carbocycles. The van der Waals surface area contributed by atoms with Crippen LogP contribution >= 0.6 is 12.6 Å². The number of hydrogen-bond donors (Lipinski definition) is 3. The van der Waals surface area contributed by atoms with Gasteiger partial charge in [0.2, 0.25) is 0 Å². The van der Waals surface area contributed by atoms with Crippen LogP contribution in [0, 0.1) is 0 Å². The highest BCUT2D eigenvalue weighted by Crippen LogP contribution is 2.21. The number of thiol groups is 1. The Bertz CT molecular complexity index is 490. The molecule has 0 fully saturated rings. The van der Waals surface area contributed by atoms with Crippen LogP contribution in [0.4, 0.5) is 0 Å². The Balaban J connectivity index is 2.55. The van der Waals surface area contributed by atoms with E-state index in [4.69, 9.17) is 5.11 Å². The summed E-state index contributed by atoms with van der Waals surface area (Å²) in [5, 5.41) is 9.61. The molecule has 3 nitrogen and oxygen atoms in total. The maximum atomic E-state index is 10.6. The van der Waals surface area contributed by atoms with Gasteiger partial charge in [-0.25, -0.2) is 0 Å². The monoisotopic (exact) mass is 207 g/mol. The van der Waals surface area contributed by atoms with Crippen molar-refractivity contribution in [1.82, 2.24) is 4.98 Å². The summed E-state index contributed by atoms with van der Waals surface area (Å²) in [4.78, 5) is 14.4. The zero-order valence-electron chi connectivity index (χ0n) is 7.32. The van der Waals surface area contributed by atoms with Gasteiger partial charge in [0.1, 0.15) is 0 Å². The number of aromatic amines is 1. The van der Waals surface area contributed by atoms with E-state index in [0.717, 1.165) is 21.4 Å². The van der Waals surface area contributed by atoms with E-state index in [2.05, 4.69) is 17.6 Å². The molecule has 72 valence electrons. The first-order valence-electron chi connectivity index (χ1n) is 4.17. The van der Waals surface area contributed by atoms with Crippen molar-refractivity contribution in [3.63, 3.8) is 0 Å². The molecule has 14 heavy (non-hydrogen) atoms. The molecule has 0 radical (unpaired) electrons. The highest BCUT2D eigenvalue weighted by atomic mass is 32.1. The normalized spacial score (nSPS) is 10.6. The number of aromatic nitrogens is 1. The summed E-state index contributed by atoms with van der Waals surface area (Å²) < 4.78 is 0. The Labute approximate surface area is 86.2 Å². The molecular weight excluding hydrogens is 198 g/mol. The maximum absolute atomic E-state index is 10.6. The van der Waals surface area contributed by atoms with Crippen molar-refractivity contribution < 1.29 is 9.90 Å². The summed E-state index contributed by atoms with van der Waals surface area (Å²) in [6.07, 6.45) is 1.77. The number of carbonyl (C=O) groups is 1. The molecule has 0 aliphatic heterocycles. The van der Waals surface area contributed by atoms with Gasteiger partial charge in [0, 0.05) is 22.0 Å². The van der Waals surface area contributed by atoms with Crippen LogP contribution in [0.5, 0.6) is 0 Å². The Kier molecular flexibility index (Phi) is 2.21. The number of nitrogens with one attached hydrogen (secondary N) is 1. The molecule has 1 heterocycles. The van der Waals surface area contributed by atoms with E-state index in [9.17, 15) is 4.79 Å². The van der Waals surface area contributed by atoms with Gasteiger partial charge in [0.05, 0.1) is 6.42 Å². The number of hydrogen-bond acceptors (Lipinski definition) is 2. The lowest BCUT2D eigenvalue weighted by molar-refractivity contribution is -0.136. The largest absolute Gasteiger partial charge is 0.481 e. The van der Waals surface area contributed by atoms with Crippen LogP contribution in [0.1, 0.15) is 5.56 Å². The molecule has 0 aliphatic rings. The fourth-order valence-corrected chi connectivity index (χ4v) is 1.68. The number of aliphatic carboxylic acids is 1.